The van der Waals surface area contributed by atoms with Gasteiger partial charge >= 0.3 is 0 Å². The standard InChI is InChI=1S/C19H17FN2O2S/c1-3-22-18(23)17(12-13-7-6-8-14(11-13)24-2)25-19(22)21-16-10-5-4-9-15(16)20/h4-12H,3H2,1-2H3/b17-12+,21-19?. The molecule has 1 fully saturated rings. The molecule has 0 spiro atoms. The summed E-state index contributed by atoms with van der Waals surface area (Å²) in [6, 6.07) is 13.7. The molecule has 1 aliphatic rings. The van der Waals surface area contributed by atoms with Crippen molar-refractivity contribution in [3.8, 4) is 5.75 Å². The molecule has 25 heavy (non-hydrogen) atoms. The van der Waals surface area contributed by atoms with Gasteiger partial charge in [0, 0.05) is 6.54 Å². The third-order valence-corrected chi connectivity index (χ3v) is 4.67. The number of hydrogen-bond acceptors (Lipinski definition) is 4. The van der Waals surface area contributed by atoms with E-state index >= 15 is 0 Å². The summed E-state index contributed by atoms with van der Waals surface area (Å²) in [6.07, 6.45) is 1.79. The number of amides is 1. The Kier molecular flexibility index (Phi) is 5.19. The van der Waals surface area contributed by atoms with Gasteiger partial charge in [0.1, 0.15) is 17.3 Å². The van der Waals surface area contributed by atoms with Crippen LogP contribution in [0, 0.1) is 5.82 Å². The monoisotopic (exact) mass is 356 g/mol. The van der Waals surface area contributed by atoms with Gasteiger partial charge < -0.3 is 4.74 Å². The highest BCUT2D eigenvalue weighted by atomic mass is 32.2. The number of thioether (sulfide) groups is 1. The minimum Gasteiger partial charge on any atom is -0.497 e. The number of aliphatic imine (C=N–C) groups is 1. The third-order valence-electron chi connectivity index (χ3n) is 3.66. The zero-order valence-electron chi connectivity index (χ0n) is 13.9. The molecule has 0 aliphatic carbocycles. The van der Waals surface area contributed by atoms with Crippen molar-refractivity contribution in [3.63, 3.8) is 0 Å². The first-order chi connectivity index (χ1) is 12.1. The third kappa shape index (κ3) is 3.74. The number of para-hydroxylation sites is 1. The second kappa shape index (κ2) is 7.53. The molecule has 2 aromatic carbocycles. The van der Waals surface area contributed by atoms with Gasteiger partial charge in [0.2, 0.25) is 0 Å². The molecular formula is C19H17FN2O2S. The molecule has 0 atom stereocenters. The van der Waals surface area contributed by atoms with Crippen LogP contribution >= 0.6 is 11.8 Å². The maximum Gasteiger partial charge on any atom is 0.266 e. The summed E-state index contributed by atoms with van der Waals surface area (Å²) in [7, 11) is 1.60. The van der Waals surface area contributed by atoms with Gasteiger partial charge in [-0.1, -0.05) is 24.3 Å². The van der Waals surface area contributed by atoms with Crippen LogP contribution in [0.2, 0.25) is 0 Å². The highest BCUT2D eigenvalue weighted by Gasteiger charge is 2.32. The second-order valence-corrected chi connectivity index (χ2v) is 6.29. The molecule has 0 aromatic heterocycles. The SMILES string of the molecule is CCN1C(=O)/C(=C\c2cccc(OC)c2)SC1=Nc1ccccc1F. The number of carbonyl (C=O) groups excluding carboxylic acids is 1. The van der Waals surface area contributed by atoms with Gasteiger partial charge in [-0.15, -0.1) is 0 Å². The molecule has 1 saturated heterocycles. The van der Waals surface area contributed by atoms with Crippen molar-refractivity contribution in [2.75, 3.05) is 13.7 Å². The van der Waals surface area contributed by atoms with E-state index in [2.05, 4.69) is 4.99 Å². The number of rotatable bonds is 4. The number of methoxy groups -OCH3 is 1. The zero-order chi connectivity index (χ0) is 17.8. The van der Waals surface area contributed by atoms with Gasteiger partial charge in [0.15, 0.2) is 5.17 Å². The molecule has 0 bridgehead atoms. The highest BCUT2D eigenvalue weighted by molar-refractivity contribution is 8.18. The maximum atomic E-state index is 13.9. The van der Waals surface area contributed by atoms with Crippen molar-refractivity contribution in [2.45, 2.75) is 6.92 Å². The van der Waals surface area contributed by atoms with Crippen molar-refractivity contribution in [1.82, 2.24) is 4.90 Å². The fourth-order valence-electron chi connectivity index (χ4n) is 2.40. The molecule has 0 radical (unpaired) electrons. The molecule has 0 saturated carbocycles. The molecule has 4 nitrogen and oxygen atoms in total. The maximum absolute atomic E-state index is 13.9. The smallest absolute Gasteiger partial charge is 0.266 e. The average molecular weight is 356 g/mol. The summed E-state index contributed by atoms with van der Waals surface area (Å²) in [5.41, 5.74) is 1.08. The first-order valence-corrected chi connectivity index (χ1v) is 8.62. The normalized spacial score (nSPS) is 17.6. The molecule has 1 amide bonds. The first-order valence-electron chi connectivity index (χ1n) is 7.81. The Bertz CT molecular complexity index is 864. The van der Waals surface area contributed by atoms with Crippen LogP contribution in [0.1, 0.15) is 12.5 Å². The van der Waals surface area contributed by atoms with Crippen molar-refractivity contribution in [1.29, 1.82) is 0 Å². The van der Waals surface area contributed by atoms with Crippen molar-refractivity contribution in [2.24, 2.45) is 4.99 Å². The van der Waals surface area contributed by atoms with E-state index in [1.165, 1.54) is 17.8 Å². The van der Waals surface area contributed by atoms with Gasteiger partial charge in [-0.3, -0.25) is 9.69 Å². The lowest BCUT2D eigenvalue weighted by Crippen LogP contribution is -2.28. The number of carbonyl (C=O) groups is 1. The van der Waals surface area contributed by atoms with Crippen LogP contribution in [-0.4, -0.2) is 29.6 Å². The van der Waals surface area contributed by atoms with Gasteiger partial charge in [0.25, 0.3) is 5.91 Å². The molecule has 1 heterocycles. The van der Waals surface area contributed by atoms with E-state index in [0.717, 1.165) is 11.3 Å². The van der Waals surface area contributed by atoms with E-state index in [1.807, 2.05) is 31.2 Å². The average Bonchev–Trinajstić information content (AvgIpc) is 2.91. The molecule has 6 heteroatoms. The van der Waals surface area contributed by atoms with Crippen LogP contribution in [0.25, 0.3) is 6.08 Å². The Labute approximate surface area is 150 Å². The Morgan fingerprint density at radius 2 is 2.04 bits per heavy atom. The van der Waals surface area contributed by atoms with Crippen LogP contribution in [0.15, 0.2) is 58.4 Å². The lowest BCUT2D eigenvalue weighted by atomic mass is 10.2. The minimum absolute atomic E-state index is 0.134. The summed E-state index contributed by atoms with van der Waals surface area (Å²) in [5, 5.41) is 0.478. The number of likely N-dealkylation sites (N-methyl/N-ethyl adjacent to an activating group) is 1. The zero-order valence-corrected chi connectivity index (χ0v) is 14.7. The fraction of sp³-hybridized carbons (Fsp3) is 0.158. The minimum atomic E-state index is -0.413. The Balaban J connectivity index is 1.95. The van der Waals surface area contributed by atoms with Crippen LogP contribution in [-0.2, 0) is 4.79 Å². The number of nitrogens with zero attached hydrogens (tertiary/aromatic N) is 2. The van der Waals surface area contributed by atoms with E-state index in [-0.39, 0.29) is 11.6 Å². The molecule has 128 valence electrons. The van der Waals surface area contributed by atoms with Crippen LogP contribution < -0.4 is 4.74 Å². The summed E-state index contributed by atoms with van der Waals surface area (Å²) in [6.45, 7) is 2.33. The van der Waals surface area contributed by atoms with E-state index in [4.69, 9.17) is 4.74 Å². The molecule has 0 unspecified atom stereocenters. The van der Waals surface area contributed by atoms with Crippen LogP contribution in [0.5, 0.6) is 5.75 Å². The quantitative estimate of drug-likeness (QED) is 0.760. The van der Waals surface area contributed by atoms with Gasteiger partial charge in [0.05, 0.1) is 12.0 Å². The van der Waals surface area contributed by atoms with Crippen molar-refractivity contribution in [3.05, 3.63) is 64.8 Å². The summed E-state index contributed by atoms with van der Waals surface area (Å²) in [4.78, 5) is 19.0. The summed E-state index contributed by atoms with van der Waals surface area (Å²) in [5.74, 6) is 0.173. The molecule has 3 rings (SSSR count). The fourth-order valence-corrected chi connectivity index (χ4v) is 3.45. The summed E-state index contributed by atoms with van der Waals surface area (Å²) >= 11 is 1.24. The highest BCUT2D eigenvalue weighted by Crippen LogP contribution is 2.34. The Morgan fingerprint density at radius 3 is 2.76 bits per heavy atom. The van der Waals surface area contributed by atoms with E-state index in [0.29, 0.717) is 16.6 Å². The predicted molar refractivity (Wildman–Crippen MR) is 99.4 cm³/mol. The number of benzene rings is 2. The Hall–Kier alpha value is -2.60. The lowest BCUT2D eigenvalue weighted by Gasteiger charge is -2.12. The Morgan fingerprint density at radius 1 is 1.24 bits per heavy atom. The number of halogens is 1. The predicted octanol–water partition coefficient (Wildman–Crippen LogP) is 4.46. The lowest BCUT2D eigenvalue weighted by molar-refractivity contribution is -0.122. The van der Waals surface area contributed by atoms with Crippen molar-refractivity contribution < 1.29 is 13.9 Å². The van der Waals surface area contributed by atoms with Crippen molar-refractivity contribution >= 4 is 34.6 Å². The van der Waals surface area contributed by atoms with Crippen LogP contribution in [0.3, 0.4) is 0 Å². The molecular weight excluding hydrogens is 339 g/mol. The number of hydrogen-bond donors (Lipinski definition) is 0. The van der Waals surface area contributed by atoms with E-state index in [1.54, 1.807) is 36.3 Å². The number of amidine groups is 1. The summed E-state index contributed by atoms with van der Waals surface area (Å²) < 4.78 is 19.1. The van der Waals surface area contributed by atoms with Gasteiger partial charge in [-0.25, -0.2) is 9.38 Å². The topological polar surface area (TPSA) is 41.9 Å². The number of ether oxygens (including phenoxy) is 1. The van der Waals surface area contributed by atoms with E-state index < -0.39 is 5.82 Å². The molecule has 0 N–H and O–H groups in total. The second-order valence-electron chi connectivity index (χ2n) is 5.28. The largest absolute Gasteiger partial charge is 0.497 e. The molecule has 1 aliphatic heterocycles. The van der Waals surface area contributed by atoms with E-state index in [9.17, 15) is 9.18 Å². The van der Waals surface area contributed by atoms with Gasteiger partial charge in [-0.05, 0) is 54.6 Å². The van der Waals surface area contributed by atoms with Crippen LogP contribution in [0.4, 0.5) is 10.1 Å². The van der Waals surface area contributed by atoms with Gasteiger partial charge in [-0.2, -0.15) is 0 Å². The molecule has 2 aromatic rings. The first kappa shape index (κ1) is 17.2.